The molecule has 22 heavy (non-hydrogen) atoms. The van der Waals surface area contributed by atoms with Crippen molar-refractivity contribution >= 4 is 11.7 Å². The van der Waals surface area contributed by atoms with Crippen molar-refractivity contribution in [3.63, 3.8) is 0 Å². The molecule has 1 N–H and O–H groups in total. The van der Waals surface area contributed by atoms with Gasteiger partial charge in [-0.2, -0.15) is 18.3 Å². The Hall–Kier alpha value is -2.13. The lowest BCUT2D eigenvalue weighted by Gasteiger charge is -2.31. The number of aliphatic carboxylic acids is 1. The minimum absolute atomic E-state index is 0.242. The molecule has 1 saturated carbocycles. The zero-order chi connectivity index (χ0) is 16.7. The number of halogens is 3. The van der Waals surface area contributed by atoms with Crippen molar-refractivity contribution in [1.29, 1.82) is 0 Å². The molecular formula is C12H14F3N3O4. The van der Waals surface area contributed by atoms with Crippen LogP contribution in [0, 0.1) is 22.0 Å². The second kappa shape index (κ2) is 5.58. The minimum Gasteiger partial charge on any atom is -0.481 e. The first kappa shape index (κ1) is 16.2. The quantitative estimate of drug-likeness (QED) is 0.682. The van der Waals surface area contributed by atoms with Crippen molar-refractivity contribution in [3.05, 3.63) is 22.0 Å². The van der Waals surface area contributed by atoms with Crippen LogP contribution in [-0.4, -0.2) is 25.8 Å². The van der Waals surface area contributed by atoms with Crippen molar-refractivity contribution in [3.8, 4) is 0 Å². The first-order valence-electron chi connectivity index (χ1n) is 6.64. The molecule has 0 amide bonds. The molecular weight excluding hydrogens is 307 g/mol. The number of carboxylic acids is 1. The number of nitrogens with zero attached hydrogens (tertiary/aromatic N) is 3. The van der Waals surface area contributed by atoms with Crippen LogP contribution in [0.25, 0.3) is 0 Å². The molecule has 0 saturated heterocycles. The lowest BCUT2D eigenvalue weighted by atomic mass is 9.78. The van der Waals surface area contributed by atoms with Crippen LogP contribution in [0.15, 0.2) is 6.20 Å². The molecule has 1 fully saturated rings. The van der Waals surface area contributed by atoms with E-state index in [9.17, 15) is 28.1 Å². The van der Waals surface area contributed by atoms with Gasteiger partial charge in [-0.3, -0.25) is 19.6 Å². The summed E-state index contributed by atoms with van der Waals surface area (Å²) in [5.74, 6) is -1.73. The Morgan fingerprint density at radius 2 is 2.14 bits per heavy atom. The molecule has 0 radical (unpaired) electrons. The number of hydrogen-bond acceptors (Lipinski definition) is 4. The van der Waals surface area contributed by atoms with Gasteiger partial charge in [0.1, 0.15) is 6.20 Å². The fraction of sp³-hybridized carbons (Fsp3) is 0.667. The standard InChI is InChI=1S/C12H14F3N3O4/c1-6-4-7(2-3-8(6)11(19)20)17-5-9(18(21)22)10(16-17)12(13,14)15/h5-8H,2-4H2,1H3,(H,19,20). The highest BCUT2D eigenvalue weighted by Gasteiger charge is 2.43. The van der Waals surface area contributed by atoms with Gasteiger partial charge in [-0.15, -0.1) is 0 Å². The van der Waals surface area contributed by atoms with E-state index in [0.29, 0.717) is 19.3 Å². The number of rotatable bonds is 3. The third-order valence-electron chi connectivity index (χ3n) is 4.01. The molecule has 3 atom stereocenters. The van der Waals surface area contributed by atoms with Gasteiger partial charge >= 0.3 is 17.8 Å². The smallest absolute Gasteiger partial charge is 0.442 e. The highest BCUT2D eigenvalue weighted by Crippen LogP contribution is 2.40. The fourth-order valence-electron chi connectivity index (χ4n) is 2.88. The van der Waals surface area contributed by atoms with Gasteiger partial charge in [0, 0.05) is 0 Å². The summed E-state index contributed by atoms with van der Waals surface area (Å²) < 4.78 is 39.3. The SMILES string of the molecule is CC1CC(n2cc([N+](=O)[O-])c(C(F)(F)F)n2)CCC1C(=O)O. The molecule has 10 heteroatoms. The van der Waals surface area contributed by atoms with Gasteiger partial charge < -0.3 is 5.11 Å². The van der Waals surface area contributed by atoms with E-state index in [0.717, 1.165) is 10.9 Å². The molecule has 1 aromatic heterocycles. The lowest BCUT2D eigenvalue weighted by Crippen LogP contribution is -2.30. The average molecular weight is 321 g/mol. The average Bonchev–Trinajstić information content (AvgIpc) is 2.83. The molecule has 0 aromatic carbocycles. The van der Waals surface area contributed by atoms with Crippen molar-refractivity contribution in [2.75, 3.05) is 0 Å². The second-order valence-corrected chi connectivity index (χ2v) is 5.49. The number of aromatic nitrogens is 2. The molecule has 0 spiro atoms. The van der Waals surface area contributed by atoms with Crippen LogP contribution < -0.4 is 0 Å². The molecule has 7 nitrogen and oxygen atoms in total. The van der Waals surface area contributed by atoms with Crippen molar-refractivity contribution in [1.82, 2.24) is 9.78 Å². The maximum absolute atomic E-state index is 12.8. The van der Waals surface area contributed by atoms with E-state index in [1.807, 2.05) is 0 Å². The number of alkyl halides is 3. The number of hydrogen-bond donors (Lipinski definition) is 1. The van der Waals surface area contributed by atoms with Crippen LogP contribution in [0.2, 0.25) is 0 Å². The molecule has 1 heterocycles. The molecule has 1 aromatic rings. The Bertz CT molecular complexity index is 599. The van der Waals surface area contributed by atoms with E-state index in [1.54, 1.807) is 6.92 Å². The predicted molar refractivity (Wildman–Crippen MR) is 67.1 cm³/mol. The normalized spacial score (nSPS) is 25.9. The maximum atomic E-state index is 12.8. The number of carboxylic acid groups (broad SMARTS) is 1. The molecule has 122 valence electrons. The van der Waals surface area contributed by atoms with Gasteiger partial charge in [-0.25, -0.2) is 0 Å². The summed E-state index contributed by atoms with van der Waals surface area (Å²) >= 11 is 0. The lowest BCUT2D eigenvalue weighted by molar-refractivity contribution is -0.388. The summed E-state index contributed by atoms with van der Waals surface area (Å²) in [6.07, 6.45) is -3.19. The number of carbonyl (C=O) groups is 1. The molecule has 1 aliphatic rings. The van der Waals surface area contributed by atoms with Gasteiger partial charge in [-0.1, -0.05) is 6.92 Å². The van der Waals surface area contributed by atoms with Crippen LogP contribution >= 0.6 is 0 Å². The van der Waals surface area contributed by atoms with E-state index in [2.05, 4.69) is 5.10 Å². The maximum Gasteiger partial charge on any atom is 0.442 e. The summed E-state index contributed by atoms with van der Waals surface area (Å²) in [4.78, 5) is 20.7. The van der Waals surface area contributed by atoms with Crippen molar-refractivity contribution in [2.45, 2.75) is 38.4 Å². The zero-order valence-corrected chi connectivity index (χ0v) is 11.6. The van der Waals surface area contributed by atoms with E-state index in [4.69, 9.17) is 5.11 Å². The Morgan fingerprint density at radius 1 is 1.50 bits per heavy atom. The Morgan fingerprint density at radius 3 is 2.55 bits per heavy atom. The third-order valence-corrected chi connectivity index (χ3v) is 4.01. The highest BCUT2D eigenvalue weighted by molar-refractivity contribution is 5.70. The monoisotopic (exact) mass is 321 g/mol. The largest absolute Gasteiger partial charge is 0.481 e. The molecule has 1 aliphatic carbocycles. The zero-order valence-electron chi connectivity index (χ0n) is 11.6. The van der Waals surface area contributed by atoms with Crippen LogP contribution in [0.3, 0.4) is 0 Å². The van der Waals surface area contributed by atoms with Gasteiger partial charge in [0.25, 0.3) is 0 Å². The molecule has 0 aliphatic heterocycles. The fourth-order valence-corrected chi connectivity index (χ4v) is 2.88. The van der Waals surface area contributed by atoms with E-state index < -0.39 is 40.4 Å². The van der Waals surface area contributed by atoms with E-state index >= 15 is 0 Å². The second-order valence-electron chi connectivity index (χ2n) is 5.49. The predicted octanol–water partition coefficient (Wildman–Crippen LogP) is 2.87. The summed E-state index contributed by atoms with van der Waals surface area (Å²) in [5, 5.41) is 23.1. The van der Waals surface area contributed by atoms with Crippen LogP contribution in [0.5, 0.6) is 0 Å². The summed E-state index contributed by atoms with van der Waals surface area (Å²) in [6, 6.07) is -0.472. The van der Waals surface area contributed by atoms with E-state index in [-0.39, 0.29) is 5.92 Å². The Balaban J connectivity index is 2.27. The topological polar surface area (TPSA) is 98.3 Å². The summed E-state index contributed by atoms with van der Waals surface area (Å²) in [5.41, 5.74) is -2.61. The molecule has 3 unspecified atom stereocenters. The minimum atomic E-state index is -4.91. The van der Waals surface area contributed by atoms with Crippen LogP contribution in [0.1, 0.15) is 37.9 Å². The number of nitro groups is 1. The molecule has 0 bridgehead atoms. The third kappa shape index (κ3) is 3.04. The van der Waals surface area contributed by atoms with Gasteiger partial charge in [-0.05, 0) is 25.2 Å². The van der Waals surface area contributed by atoms with Crippen molar-refractivity contribution in [2.24, 2.45) is 11.8 Å². The van der Waals surface area contributed by atoms with Gasteiger partial charge in [0.2, 0.25) is 5.69 Å². The Labute approximate surface area is 122 Å². The summed E-state index contributed by atoms with van der Waals surface area (Å²) in [7, 11) is 0. The first-order valence-corrected chi connectivity index (χ1v) is 6.64. The summed E-state index contributed by atoms with van der Waals surface area (Å²) in [6.45, 7) is 1.70. The van der Waals surface area contributed by atoms with Gasteiger partial charge in [0.05, 0.1) is 16.9 Å². The Kier molecular flexibility index (Phi) is 4.12. The highest BCUT2D eigenvalue weighted by atomic mass is 19.4. The van der Waals surface area contributed by atoms with Crippen LogP contribution in [0.4, 0.5) is 18.9 Å². The molecule has 2 rings (SSSR count). The van der Waals surface area contributed by atoms with E-state index in [1.165, 1.54) is 0 Å². The first-order chi connectivity index (χ1) is 10.1. The van der Waals surface area contributed by atoms with Crippen molar-refractivity contribution < 1.29 is 28.0 Å². The van der Waals surface area contributed by atoms with Crippen LogP contribution in [-0.2, 0) is 11.0 Å². The van der Waals surface area contributed by atoms with Gasteiger partial charge in [0.15, 0.2) is 0 Å².